The standard InChI is InChI=1S/C16H10F4N4O2/c17-9-1-2-10(11(18)5-9)16(3-4-16)26-15-21-6-8(7-22-15)13-23-24-14(25-13)12(19)20/h1-2,5-7,12H,3-4H2. The fourth-order valence-electron chi connectivity index (χ4n) is 2.49. The molecule has 0 atom stereocenters. The smallest absolute Gasteiger partial charge is 0.317 e. The Kier molecular flexibility index (Phi) is 3.82. The molecule has 0 unspecified atom stereocenters. The Hall–Kier alpha value is -3.04. The summed E-state index contributed by atoms with van der Waals surface area (Å²) in [5.74, 6) is -2.34. The SMILES string of the molecule is Fc1ccc(C2(Oc3ncc(-c4nnc(C(F)F)o4)cn3)CC2)c(F)c1. The molecule has 3 aromatic rings. The summed E-state index contributed by atoms with van der Waals surface area (Å²) < 4.78 is 62.5. The van der Waals surface area contributed by atoms with Gasteiger partial charge in [0.05, 0.1) is 5.56 Å². The highest BCUT2D eigenvalue weighted by Crippen LogP contribution is 2.49. The van der Waals surface area contributed by atoms with E-state index in [9.17, 15) is 17.6 Å². The Morgan fingerprint density at radius 1 is 1.08 bits per heavy atom. The molecule has 0 radical (unpaired) electrons. The second-order valence-electron chi connectivity index (χ2n) is 5.72. The fraction of sp³-hybridized carbons (Fsp3) is 0.250. The minimum Gasteiger partial charge on any atom is -0.452 e. The average Bonchev–Trinajstić information content (AvgIpc) is 3.19. The lowest BCUT2D eigenvalue weighted by atomic mass is 10.1. The minimum atomic E-state index is -2.87. The Labute approximate surface area is 143 Å². The number of hydrogen-bond acceptors (Lipinski definition) is 6. The fourth-order valence-corrected chi connectivity index (χ4v) is 2.49. The van der Waals surface area contributed by atoms with Gasteiger partial charge < -0.3 is 9.15 Å². The molecule has 1 aromatic carbocycles. The monoisotopic (exact) mass is 366 g/mol. The first-order valence-electron chi connectivity index (χ1n) is 7.55. The first-order valence-corrected chi connectivity index (χ1v) is 7.55. The molecule has 0 saturated heterocycles. The van der Waals surface area contributed by atoms with Crippen LogP contribution in [0.15, 0.2) is 35.0 Å². The molecule has 1 fully saturated rings. The Balaban J connectivity index is 1.54. The van der Waals surface area contributed by atoms with E-state index in [1.165, 1.54) is 18.5 Å². The van der Waals surface area contributed by atoms with Crippen LogP contribution in [0.1, 0.15) is 30.7 Å². The molecular weight excluding hydrogens is 356 g/mol. The van der Waals surface area contributed by atoms with Gasteiger partial charge in [-0.2, -0.15) is 8.78 Å². The van der Waals surface area contributed by atoms with Crippen LogP contribution >= 0.6 is 0 Å². The highest BCUT2D eigenvalue weighted by Gasteiger charge is 2.49. The van der Waals surface area contributed by atoms with Crippen LogP contribution < -0.4 is 4.74 Å². The molecule has 134 valence electrons. The maximum atomic E-state index is 14.0. The van der Waals surface area contributed by atoms with Gasteiger partial charge in [-0.25, -0.2) is 18.7 Å². The summed E-state index contributed by atoms with van der Waals surface area (Å²) in [6.45, 7) is 0. The highest BCUT2D eigenvalue weighted by atomic mass is 19.3. The Morgan fingerprint density at radius 3 is 2.38 bits per heavy atom. The van der Waals surface area contributed by atoms with Crippen molar-refractivity contribution in [3.63, 3.8) is 0 Å². The second kappa shape index (κ2) is 6.04. The minimum absolute atomic E-state index is 0.0384. The molecular formula is C16H10F4N4O2. The first-order chi connectivity index (χ1) is 12.5. The number of benzene rings is 1. The van der Waals surface area contributed by atoms with Crippen molar-refractivity contribution in [3.05, 3.63) is 53.7 Å². The summed E-state index contributed by atoms with van der Waals surface area (Å²) in [5, 5.41) is 6.70. The summed E-state index contributed by atoms with van der Waals surface area (Å²) in [7, 11) is 0. The van der Waals surface area contributed by atoms with Crippen molar-refractivity contribution in [1.82, 2.24) is 20.2 Å². The molecule has 1 aliphatic rings. The quantitative estimate of drug-likeness (QED) is 0.640. The van der Waals surface area contributed by atoms with Gasteiger partial charge in [-0.3, -0.25) is 0 Å². The molecule has 4 rings (SSSR count). The lowest BCUT2D eigenvalue weighted by Crippen LogP contribution is -2.19. The van der Waals surface area contributed by atoms with Gasteiger partial charge in [0, 0.05) is 24.0 Å². The summed E-state index contributed by atoms with van der Waals surface area (Å²) in [5.41, 5.74) is -0.480. The number of rotatable bonds is 5. The molecule has 0 N–H and O–H groups in total. The van der Waals surface area contributed by atoms with E-state index in [2.05, 4.69) is 20.2 Å². The normalized spacial score (nSPS) is 15.3. The summed E-state index contributed by atoms with van der Waals surface area (Å²) in [6, 6.07) is 3.24. The number of ether oxygens (including phenoxy) is 1. The van der Waals surface area contributed by atoms with Gasteiger partial charge in [0.1, 0.15) is 17.2 Å². The van der Waals surface area contributed by atoms with Crippen molar-refractivity contribution in [2.24, 2.45) is 0 Å². The van der Waals surface area contributed by atoms with Crippen molar-refractivity contribution >= 4 is 0 Å². The van der Waals surface area contributed by atoms with E-state index in [4.69, 9.17) is 9.15 Å². The highest BCUT2D eigenvalue weighted by molar-refractivity contribution is 5.49. The topological polar surface area (TPSA) is 73.9 Å². The van der Waals surface area contributed by atoms with Gasteiger partial charge in [-0.1, -0.05) is 0 Å². The molecule has 10 heteroatoms. The van der Waals surface area contributed by atoms with Crippen LogP contribution in [0.3, 0.4) is 0 Å². The third-order valence-corrected chi connectivity index (χ3v) is 3.92. The third-order valence-electron chi connectivity index (χ3n) is 3.92. The molecule has 26 heavy (non-hydrogen) atoms. The molecule has 1 aliphatic carbocycles. The van der Waals surface area contributed by atoms with Gasteiger partial charge in [0.2, 0.25) is 0 Å². The van der Waals surface area contributed by atoms with Gasteiger partial charge in [0.25, 0.3) is 11.8 Å². The predicted molar refractivity (Wildman–Crippen MR) is 78.2 cm³/mol. The molecule has 0 bridgehead atoms. The van der Waals surface area contributed by atoms with E-state index < -0.39 is 29.6 Å². The lowest BCUT2D eigenvalue weighted by Gasteiger charge is -2.17. The van der Waals surface area contributed by atoms with Crippen molar-refractivity contribution in [3.8, 4) is 17.5 Å². The molecule has 0 spiro atoms. The zero-order chi connectivity index (χ0) is 18.3. The van der Waals surface area contributed by atoms with E-state index in [1.807, 2.05) is 0 Å². The van der Waals surface area contributed by atoms with Crippen molar-refractivity contribution in [2.45, 2.75) is 24.9 Å². The Bertz CT molecular complexity index is 942. The van der Waals surface area contributed by atoms with E-state index in [0.717, 1.165) is 12.1 Å². The Morgan fingerprint density at radius 2 is 1.81 bits per heavy atom. The molecule has 2 heterocycles. The summed E-state index contributed by atoms with van der Waals surface area (Å²) in [6.07, 6.45) is 0.717. The van der Waals surface area contributed by atoms with E-state index in [-0.39, 0.29) is 23.0 Å². The average molecular weight is 366 g/mol. The summed E-state index contributed by atoms with van der Waals surface area (Å²) >= 11 is 0. The van der Waals surface area contributed by atoms with Crippen molar-refractivity contribution in [1.29, 1.82) is 0 Å². The number of alkyl halides is 2. The number of nitrogens with zero attached hydrogens (tertiary/aromatic N) is 4. The van der Waals surface area contributed by atoms with Gasteiger partial charge in [0.15, 0.2) is 0 Å². The van der Waals surface area contributed by atoms with E-state index >= 15 is 0 Å². The number of halogens is 4. The molecule has 2 aromatic heterocycles. The largest absolute Gasteiger partial charge is 0.452 e. The van der Waals surface area contributed by atoms with Crippen LogP contribution in [0.5, 0.6) is 6.01 Å². The van der Waals surface area contributed by atoms with Gasteiger partial charge >= 0.3 is 12.4 Å². The van der Waals surface area contributed by atoms with Crippen molar-refractivity contribution in [2.75, 3.05) is 0 Å². The third kappa shape index (κ3) is 2.98. The first kappa shape index (κ1) is 16.4. The van der Waals surface area contributed by atoms with Crippen LogP contribution in [-0.2, 0) is 5.60 Å². The van der Waals surface area contributed by atoms with Crippen LogP contribution in [0.4, 0.5) is 17.6 Å². The van der Waals surface area contributed by atoms with Gasteiger partial charge in [-0.15, -0.1) is 10.2 Å². The van der Waals surface area contributed by atoms with E-state index in [1.54, 1.807) is 0 Å². The van der Waals surface area contributed by atoms with Crippen LogP contribution in [-0.4, -0.2) is 20.2 Å². The zero-order valence-electron chi connectivity index (χ0n) is 13.0. The molecule has 6 nitrogen and oxygen atoms in total. The molecule has 0 amide bonds. The molecule has 1 saturated carbocycles. The van der Waals surface area contributed by atoms with Crippen molar-refractivity contribution < 1.29 is 26.7 Å². The molecule has 0 aliphatic heterocycles. The number of hydrogen-bond donors (Lipinski definition) is 0. The van der Waals surface area contributed by atoms with Crippen LogP contribution in [0.25, 0.3) is 11.5 Å². The zero-order valence-corrected chi connectivity index (χ0v) is 13.0. The predicted octanol–water partition coefficient (Wildman–Crippen LogP) is 3.81. The van der Waals surface area contributed by atoms with Crippen LogP contribution in [0, 0.1) is 11.6 Å². The van der Waals surface area contributed by atoms with Gasteiger partial charge in [-0.05, 0) is 25.0 Å². The maximum absolute atomic E-state index is 14.0. The van der Waals surface area contributed by atoms with Crippen LogP contribution in [0.2, 0.25) is 0 Å². The second-order valence-corrected chi connectivity index (χ2v) is 5.72. The maximum Gasteiger partial charge on any atom is 0.317 e. The van der Waals surface area contributed by atoms with E-state index in [0.29, 0.717) is 12.8 Å². The lowest BCUT2D eigenvalue weighted by molar-refractivity contribution is 0.116. The summed E-state index contributed by atoms with van der Waals surface area (Å²) in [4.78, 5) is 7.92. The number of aromatic nitrogens is 4.